The third kappa shape index (κ3) is 3.59. The summed E-state index contributed by atoms with van der Waals surface area (Å²) >= 11 is -0.150. The average Bonchev–Trinajstić information content (AvgIpc) is 2.99. The van der Waals surface area contributed by atoms with Crippen molar-refractivity contribution < 1.29 is 22.7 Å². The molecule has 1 fully saturated rings. The fourth-order valence-corrected chi connectivity index (χ4v) is 3.78. The lowest BCUT2D eigenvalue weighted by Crippen LogP contribution is -2.40. The Balaban J connectivity index is 2.30. The second-order valence-electron chi connectivity index (χ2n) is 5.75. The van der Waals surface area contributed by atoms with E-state index in [0.717, 1.165) is 31.2 Å². The number of rotatable bonds is 4. The Kier molecular flexibility index (Phi) is 5.10. The molecule has 2 rings (SSSR count). The Morgan fingerprint density at radius 3 is 2.18 bits per heavy atom. The van der Waals surface area contributed by atoms with Gasteiger partial charge in [-0.05, 0) is 55.1 Å². The molecule has 0 radical (unpaired) electrons. The molecule has 0 saturated heterocycles. The number of halogens is 3. The van der Waals surface area contributed by atoms with E-state index in [4.69, 9.17) is 4.74 Å². The van der Waals surface area contributed by atoms with E-state index in [1.807, 2.05) is 6.92 Å². The second kappa shape index (κ2) is 6.52. The van der Waals surface area contributed by atoms with Gasteiger partial charge in [0.2, 0.25) is 0 Å². The molecule has 1 unspecified atom stereocenters. The van der Waals surface area contributed by atoms with E-state index in [9.17, 15) is 18.0 Å². The van der Waals surface area contributed by atoms with E-state index in [1.54, 1.807) is 12.1 Å². The standard InChI is InChI=1S/C16H19F3O2S/c1-15(14(20)21-2,11-5-3-4-6-11)12-7-9-13(10-8-12)22-16(17,18)19/h7-11H,3-6H2,1-2H3. The number of ether oxygens (including phenoxy) is 1. The third-order valence-electron chi connectivity index (χ3n) is 4.47. The summed E-state index contributed by atoms with van der Waals surface area (Å²) in [6.45, 7) is 1.83. The smallest absolute Gasteiger partial charge is 0.446 e. The molecule has 0 amide bonds. The maximum atomic E-state index is 12.4. The van der Waals surface area contributed by atoms with Crippen LogP contribution < -0.4 is 0 Å². The third-order valence-corrected chi connectivity index (χ3v) is 5.21. The summed E-state index contributed by atoms with van der Waals surface area (Å²) in [6.07, 6.45) is 4.01. The molecule has 1 aromatic carbocycles. The molecule has 2 nitrogen and oxygen atoms in total. The van der Waals surface area contributed by atoms with Crippen molar-refractivity contribution in [1.29, 1.82) is 0 Å². The van der Waals surface area contributed by atoms with E-state index < -0.39 is 10.9 Å². The maximum Gasteiger partial charge on any atom is 0.446 e. The molecule has 6 heteroatoms. The molecular weight excluding hydrogens is 313 g/mol. The number of hydrogen-bond acceptors (Lipinski definition) is 3. The van der Waals surface area contributed by atoms with Crippen LogP contribution >= 0.6 is 11.8 Å². The average molecular weight is 332 g/mol. The number of hydrogen-bond donors (Lipinski definition) is 0. The van der Waals surface area contributed by atoms with Crippen LogP contribution in [0.15, 0.2) is 29.2 Å². The van der Waals surface area contributed by atoms with E-state index in [0.29, 0.717) is 0 Å². The van der Waals surface area contributed by atoms with Crippen LogP contribution in [0.2, 0.25) is 0 Å². The van der Waals surface area contributed by atoms with E-state index in [2.05, 4.69) is 0 Å². The summed E-state index contributed by atoms with van der Waals surface area (Å²) in [4.78, 5) is 12.4. The number of benzene rings is 1. The number of carbonyl (C=O) groups is 1. The summed E-state index contributed by atoms with van der Waals surface area (Å²) < 4.78 is 42.1. The first-order valence-corrected chi connectivity index (χ1v) is 8.03. The zero-order valence-electron chi connectivity index (χ0n) is 12.6. The van der Waals surface area contributed by atoms with Gasteiger partial charge in [-0.3, -0.25) is 4.79 Å². The van der Waals surface area contributed by atoms with Crippen LogP contribution in [0.4, 0.5) is 13.2 Å². The molecule has 0 heterocycles. The highest BCUT2D eigenvalue weighted by atomic mass is 32.2. The van der Waals surface area contributed by atoms with Gasteiger partial charge in [-0.15, -0.1) is 0 Å². The van der Waals surface area contributed by atoms with Gasteiger partial charge in [0.05, 0.1) is 12.5 Å². The lowest BCUT2D eigenvalue weighted by molar-refractivity contribution is -0.149. The van der Waals surface area contributed by atoms with Crippen molar-refractivity contribution in [2.45, 2.75) is 48.4 Å². The Hall–Kier alpha value is -1.17. The zero-order valence-corrected chi connectivity index (χ0v) is 13.4. The summed E-state index contributed by atoms with van der Waals surface area (Å²) in [5, 5.41) is 0. The monoisotopic (exact) mass is 332 g/mol. The first kappa shape index (κ1) is 17.2. The van der Waals surface area contributed by atoms with Crippen molar-refractivity contribution >= 4 is 17.7 Å². The Morgan fingerprint density at radius 1 is 1.18 bits per heavy atom. The molecule has 122 valence electrons. The summed E-state index contributed by atoms with van der Waals surface area (Å²) in [5.74, 6) is -0.156. The van der Waals surface area contributed by atoms with Crippen LogP contribution in [0.25, 0.3) is 0 Å². The molecule has 1 aliphatic rings. The van der Waals surface area contributed by atoms with Crippen molar-refractivity contribution in [3.05, 3.63) is 29.8 Å². The number of esters is 1. The van der Waals surface area contributed by atoms with Crippen LogP contribution in [0.1, 0.15) is 38.2 Å². The number of alkyl halides is 3. The number of thioether (sulfide) groups is 1. The van der Waals surface area contributed by atoms with E-state index in [1.165, 1.54) is 19.2 Å². The molecule has 0 bridgehead atoms. The van der Waals surface area contributed by atoms with Crippen LogP contribution in [0.3, 0.4) is 0 Å². The molecule has 0 aliphatic heterocycles. The Labute approximate surface area is 132 Å². The summed E-state index contributed by atoms with van der Waals surface area (Å²) in [6, 6.07) is 6.07. The van der Waals surface area contributed by atoms with Crippen molar-refractivity contribution in [2.75, 3.05) is 7.11 Å². The molecule has 1 atom stereocenters. The fourth-order valence-electron chi connectivity index (χ4n) is 3.24. The molecule has 0 spiro atoms. The van der Waals surface area contributed by atoms with Crippen molar-refractivity contribution in [3.63, 3.8) is 0 Å². The minimum atomic E-state index is -4.31. The molecule has 1 aliphatic carbocycles. The first-order chi connectivity index (χ1) is 10.3. The van der Waals surface area contributed by atoms with Gasteiger partial charge in [0.25, 0.3) is 0 Å². The highest BCUT2D eigenvalue weighted by molar-refractivity contribution is 8.00. The molecule has 0 aromatic heterocycles. The normalized spacial score (nSPS) is 19.0. The van der Waals surface area contributed by atoms with Crippen molar-refractivity contribution in [1.82, 2.24) is 0 Å². The van der Waals surface area contributed by atoms with Crippen molar-refractivity contribution in [3.8, 4) is 0 Å². The second-order valence-corrected chi connectivity index (χ2v) is 6.89. The molecule has 22 heavy (non-hydrogen) atoms. The van der Waals surface area contributed by atoms with Crippen molar-refractivity contribution in [2.24, 2.45) is 5.92 Å². The maximum absolute atomic E-state index is 12.4. The zero-order chi connectivity index (χ0) is 16.4. The van der Waals surface area contributed by atoms with Crippen LogP contribution in [0, 0.1) is 5.92 Å². The molecular formula is C16H19F3O2S. The lowest BCUT2D eigenvalue weighted by atomic mass is 9.71. The molecule has 0 N–H and O–H groups in total. The van der Waals surface area contributed by atoms with Gasteiger partial charge in [-0.2, -0.15) is 13.2 Å². The fraction of sp³-hybridized carbons (Fsp3) is 0.562. The van der Waals surface area contributed by atoms with E-state index in [-0.39, 0.29) is 28.5 Å². The minimum absolute atomic E-state index is 0.120. The highest BCUT2D eigenvalue weighted by Gasteiger charge is 2.44. The van der Waals surface area contributed by atoms with Crippen LogP contribution in [0.5, 0.6) is 0 Å². The lowest BCUT2D eigenvalue weighted by Gasteiger charge is -2.33. The van der Waals surface area contributed by atoms with Gasteiger partial charge in [0.1, 0.15) is 0 Å². The van der Waals surface area contributed by atoms with Gasteiger partial charge < -0.3 is 4.74 Å². The number of methoxy groups -OCH3 is 1. The SMILES string of the molecule is COC(=O)C(C)(c1ccc(SC(F)(F)F)cc1)C1CCCC1. The molecule has 1 saturated carbocycles. The van der Waals surface area contributed by atoms with Gasteiger partial charge in [0, 0.05) is 4.90 Å². The van der Waals surface area contributed by atoms with Crippen LogP contribution in [-0.4, -0.2) is 18.6 Å². The largest absolute Gasteiger partial charge is 0.468 e. The minimum Gasteiger partial charge on any atom is -0.468 e. The Bertz CT molecular complexity index is 521. The number of carbonyl (C=O) groups excluding carboxylic acids is 1. The predicted octanol–water partition coefficient (Wildman–Crippen LogP) is 4.92. The summed E-state index contributed by atoms with van der Waals surface area (Å²) in [7, 11) is 1.35. The van der Waals surface area contributed by atoms with Gasteiger partial charge in [-0.25, -0.2) is 0 Å². The highest BCUT2D eigenvalue weighted by Crippen LogP contribution is 2.44. The first-order valence-electron chi connectivity index (χ1n) is 7.22. The Morgan fingerprint density at radius 2 is 1.73 bits per heavy atom. The topological polar surface area (TPSA) is 26.3 Å². The van der Waals surface area contributed by atoms with Gasteiger partial charge >= 0.3 is 11.5 Å². The predicted molar refractivity (Wildman–Crippen MR) is 79.7 cm³/mol. The molecule has 1 aromatic rings. The van der Waals surface area contributed by atoms with Gasteiger partial charge in [-0.1, -0.05) is 25.0 Å². The quantitative estimate of drug-likeness (QED) is 0.578. The van der Waals surface area contributed by atoms with Gasteiger partial charge in [0.15, 0.2) is 0 Å². The van der Waals surface area contributed by atoms with Crippen LogP contribution in [-0.2, 0) is 14.9 Å². The van der Waals surface area contributed by atoms with E-state index >= 15 is 0 Å². The summed E-state index contributed by atoms with van der Waals surface area (Å²) in [5.41, 5.74) is -4.39.